The first-order valence-electron chi connectivity index (χ1n) is 8.09. The predicted molar refractivity (Wildman–Crippen MR) is 84.1 cm³/mol. The van der Waals surface area contributed by atoms with E-state index in [4.69, 9.17) is 0 Å². The van der Waals surface area contributed by atoms with E-state index >= 15 is 0 Å². The highest BCUT2D eigenvalue weighted by Gasteiger charge is 2.21. The second-order valence-corrected chi connectivity index (χ2v) is 7.10. The van der Waals surface area contributed by atoms with Crippen molar-refractivity contribution in [3.63, 3.8) is 0 Å². The molecule has 0 amide bonds. The van der Waals surface area contributed by atoms with Crippen LogP contribution in [0.2, 0.25) is 0 Å². The van der Waals surface area contributed by atoms with Crippen molar-refractivity contribution < 1.29 is 0 Å². The topological polar surface area (TPSA) is 3.24 Å². The van der Waals surface area contributed by atoms with Gasteiger partial charge in [0.25, 0.3) is 0 Å². The van der Waals surface area contributed by atoms with E-state index in [0.717, 1.165) is 12.0 Å². The standard InChI is InChI=1S/C15H31N.C2H6/c1-13(11-15(2,3)4)12-16(5)14-9-7-6-8-10-14;1-2/h13-14H,6-12H2,1-5H3;1-2H3. The molecule has 18 heavy (non-hydrogen) atoms. The molecule has 1 aliphatic carbocycles. The molecule has 0 radical (unpaired) electrons. The zero-order valence-corrected chi connectivity index (χ0v) is 14.1. The van der Waals surface area contributed by atoms with Crippen LogP contribution in [0, 0.1) is 11.3 Å². The minimum absolute atomic E-state index is 0.479. The summed E-state index contributed by atoms with van der Waals surface area (Å²) in [6, 6.07) is 0.871. The third kappa shape index (κ3) is 8.13. The summed E-state index contributed by atoms with van der Waals surface area (Å²) in [4.78, 5) is 2.62. The van der Waals surface area contributed by atoms with E-state index in [9.17, 15) is 0 Å². The average Bonchev–Trinajstić information content (AvgIpc) is 2.30. The lowest BCUT2D eigenvalue weighted by atomic mass is 9.85. The molecule has 0 aromatic heterocycles. The van der Waals surface area contributed by atoms with Gasteiger partial charge in [0, 0.05) is 12.6 Å². The van der Waals surface area contributed by atoms with E-state index in [0.29, 0.717) is 5.41 Å². The first kappa shape index (κ1) is 18.0. The van der Waals surface area contributed by atoms with Gasteiger partial charge in [-0.2, -0.15) is 0 Å². The van der Waals surface area contributed by atoms with E-state index < -0.39 is 0 Å². The fourth-order valence-corrected chi connectivity index (χ4v) is 3.27. The lowest BCUT2D eigenvalue weighted by Crippen LogP contribution is -2.37. The molecule has 1 saturated carbocycles. The number of hydrogen-bond donors (Lipinski definition) is 0. The van der Waals surface area contributed by atoms with Gasteiger partial charge in [0.1, 0.15) is 0 Å². The molecule has 0 bridgehead atoms. The molecule has 1 heteroatoms. The summed E-state index contributed by atoms with van der Waals surface area (Å²) in [7, 11) is 2.33. The summed E-state index contributed by atoms with van der Waals surface area (Å²) < 4.78 is 0. The van der Waals surface area contributed by atoms with E-state index in [-0.39, 0.29) is 0 Å². The minimum atomic E-state index is 0.479. The van der Waals surface area contributed by atoms with Crippen molar-refractivity contribution in [2.75, 3.05) is 13.6 Å². The van der Waals surface area contributed by atoms with E-state index in [1.807, 2.05) is 13.8 Å². The third-order valence-electron chi connectivity index (χ3n) is 3.76. The van der Waals surface area contributed by atoms with Crippen LogP contribution in [0.3, 0.4) is 0 Å². The maximum absolute atomic E-state index is 2.62. The molecular weight excluding hydrogens is 218 g/mol. The predicted octanol–water partition coefficient (Wildman–Crippen LogP) is 5.35. The lowest BCUT2D eigenvalue weighted by Gasteiger charge is -2.34. The molecular formula is C17H37N. The van der Waals surface area contributed by atoms with Crippen LogP contribution >= 0.6 is 0 Å². The Balaban J connectivity index is 0.00000137. The van der Waals surface area contributed by atoms with Crippen molar-refractivity contribution in [2.24, 2.45) is 11.3 Å². The summed E-state index contributed by atoms with van der Waals surface area (Å²) in [5.74, 6) is 0.826. The SMILES string of the molecule is CC.CC(CN(C)C1CCCCC1)CC(C)(C)C. The van der Waals surface area contributed by atoms with Gasteiger partial charge in [-0.25, -0.2) is 0 Å². The van der Waals surface area contributed by atoms with Gasteiger partial charge in [0.15, 0.2) is 0 Å². The Labute approximate surface area is 116 Å². The lowest BCUT2D eigenvalue weighted by molar-refractivity contribution is 0.153. The maximum atomic E-state index is 2.62. The van der Waals surface area contributed by atoms with Gasteiger partial charge in [-0.15, -0.1) is 0 Å². The molecule has 0 aliphatic heterocycles. The quantitative estimate of drug-likeness (QED) is 0.654. The van der Waals surface area contributed by atoms with Crippen LogP contribution in [0.15, 0.2) is 0 Å². The third-order valence-corrected chi connectivity index (χ3v) is 3.76. The van der Waals surface area contributed by atoms with Crippen molar-refractivity contribution in [2.45, 2.75) is 86.1 Å². The van der Waals surface area contributed by atoms with E-state index in [1.165, 1.54) is 45.1 Å². The van der Waals surface area contributed by atoms with Gasteiger partial charge in [-0.3, -0.25) is 0 Å². The normalized spacial score (nSPS) is 19.3. The summed E-state index contributed by atoms with van der Waals surface area (Å²) >= 11 is 0. The molecule has 1 unspecified atom stereocenters. The summed E-state index contributed by atoms with van der Waals surface area (Å²) in [5.41, 5.74) is 0.479. The second-order valence-electron chi connectivity index (χ2n) is 7.10. The maximum Gasteiger partial charge on any atom is 0.00923 e. The Morgan fingerprint density at radius 3 is 2.00 bits per heavy atom. The van der Waals surface area contributed by atoms with E-state index in [1.54, 1.807) is 0 Å². The van der Waals surface area contributed by atoms with Crippen LogP contribution < -0.4 is 0 Å². The smallest absolute Gasteiger partial charge is 0.00923 e. The highest BCUT2D eigenvalue weighted by molar-refractivity contribution is 4.76. The van der Waals surface area contributed by atoms with Crippen molar-refractivity contribution in [1.29, 1.82) is 0 Å². The van der Waals surface area contributed by atoms with Crippen molar-refractivity contribution in [3.05, 3.63) is 0 Å². The molecule has 0 spiro atoms. The highest BCUT2D eigenvalue weighted by Crippen LogP contribution is 2.27. The van der Waals surface area contributed by atoms with E-state index in [2.05, 4.69) is 39.6 Å². The molecule has 1 rings (SSSR count). The molecule has 0 saturated heterocycles. The molecule has 110 valence electrons. The molecule has 1 atom stereocenters. The van der Waals surface area contributed by atoms with Crippen LogP contribution in [-0.2, 0) is 0 Å². The van der Waals surface area contributed by atoms with Crippen molar-refractivity contribution >= 4 is 0 Å². The monoisotopic (exact) mass is 255 g/mol. The molecule has 0 aromatic rings. The molecule has 1 nitrogen and oxygen atoms in total. The highest BCUT2D eigenvalue weighted by atomic mass is 15.1. The first-order valence-corrected chi connectivity index (χ1v) is 8.09. The van der Waals surface area contributed by atoms with Crippen LogP contribution in [0.1, 0.15) is 80.1 Å². The Kier molecular flexibility index (Phi) is 8.94. The molecule has 1 fully saturated rings. The second kappa shape index (κ2) is 8.96. The van der Waals surface area contributed by atoms with Crippen LogP contribution in [0.5, 0.6) is 0 Å². The van der Waals surface area contributed by atoms with Crippen LogP contribution in [0.4, 0.5) is 0 Å². The summed E-state index contributed by atoms with van der Waals surface area (Å²) in [6.07, 6.45) is 8.55. The van der Waals surface area contributed by atoms with Gasteiger partial charge >= 0.3 is 0 Å². The molecule has 0 N–H and O–H groups in total. The number of hydrogen-bond acceptors (Lipinski definition) is 1. The van der Waals surface area contributed by atoms with Crippen LogP contribution in [-0.4, -0.2) is 24.5 Å². The minimum Gasteiger partial charge on any atom is -0.303 e. The number of nitrogens with zero attached hydrogens (tertiary/aromatic N) is 1. The van der Waals surface area contributed by atoms with Crippen LogP contribution in [0.25, 0.3) is 0 Å². The fraction of sp³-hybridized carbons (Fsp3) is 1.00. The first-order chi connectivity index (χ1) is 8.38. The van der Waals surface area contributed by atoms with Crippen molar-refractivity contribution in [3.8, 4) is 0 Å². The molecule has 1 aliphatic rings. The Morgan fingerprint density at radius 2 is 1.56 bits per heavy atom. The Bertz CT molecular complexity index is 186. The zero-order chi connectivity index (χ0) is 14.2. The van der Waals surface area contributed by atoms with Gasteiger partial charge in [-0.05, 0) is 37.6 Å². The number of rotatable bonds is 4. The summed E-state index contributed by atoms with van der Waals surface area (Å²) in [5, 5.41) is 0. The average molecular weight is 255 g/mol. The zero-order valence-electron chi connectivity index (χ0n) is 14.1. The molecule has 0 aromatic carbocycles. The summed E-state index contributed by atoms with van der Waals surface area (Å²) in [6.45, 7) is 14.7. The Morgan fingerprint density at radius 1 is 1.06 bits per heavy atom. The Hall–Kier alpha value is -0.0400. The molecule has 0 heterocycles. The fourth-order valence-electron chi connectivity index (χ4n) is 3.27. The van der Waals surface area contributed by atoms with Gasteiger partial charge in [0.05, 0.1) is 0 Å². The van der Waals surface area contributed by atoms with Gasteiger partial charge < -0.3 is 4.90 Å². The van der Waals surface area contributed by atoms with Gasteiger partial charge in [-0.1, -0.05) is 60.8 Å². The van der Waals surface area contributed by atoms with Crippen molar-refractivity contribution in [1.82, 2.24) is 4.90 Å². The largest absolute Gasteiger partial charge is 0.303 e. The van der Waals surface area contributed by atoms with Gasteiger partial charge in [0.2, 0.25) is 0 Å².